The quantitative estimate of drug-likeness (QED) is 0.865. The molecule has 2 N–H and O–H groups in total. The molecule has 1 fully saturated rings. The third-order valence-corrected chi connectivity index (χ3v) is 3.66. The summed E-state index contributed by atoms with van der Waals surface area (Å²) >= 11 is 3.45. The number of hydrogen-bond acceptors (Lipinski definition) is 2. The molecule has 0 bridgehead atoms. The van der Waals surface area contributed by atoms with Gasteiger partial charge in [-0.25, -0.2) is 0 Å². The summed E-state index contributed by atoms with van der Waals surface area (Å²) in [6.45, 7) is 4.50. The first-order valence-electron chi connectivity index (χ1n) is 6.00. The standard InChI is InChI=1S/C13H19BrN2.2ClH/c14-13-3-1-11(2-4-13)9-16-10-12-5-7-15-8-6-12;;/h1-4,12,15-16H,5-10H2;2*1H. The summed E-state index contributed by atoms with van der Waals surface area (Å²) in [6, 6.07) is 8.53. The summed E-state index contributed by atoms with van der Waals surface area (Å²) in [6.07, 6.45) is 2.63. The van der Waals surface area contributed by atoms with Crippen molar-refractivity contribution < 1.29 is 0 Å². The third-order valence-electron chi connectivity index (χ3n) is 3.13. The van der Waals surface area contributed by atoms with Gasteiger partial charge in [0.15, 0.2) is 0 Å². The highest BCUT2D eigenvalue weighted by Gasteiger charge is 2.11. The van der Waals surface area contributed by atoms with E-state index < -0.39 is 0 Å². The molecule has 5 heteroatoms. The van der Waals surface area contributed by atoms with Gasteiger partial charge in [-0.3, -0.25) is 0 Å². The van der Waals surface area contributed by atoms with Crippen LogP contribution in [0.4, 0.5) is 0 Å². The monoisotopic (exact) mass is 354 g/mol. The van der Waals surface area contributed by atoms with Crippen LogP contribution in [0.5, 0.6) is 0 Å². The average molecular weight is 356 g/mol. The molecule has 0 radical (unpaired) electrons. The fourth-order valence-corrected chi connectivity index (χ4v) is 2.37. The molecule has 2 rings (SSSR count). The molecule has 2 nitrogen and oxygen atoms in total. The van der Waals surface area contributed by atoms with E-state index >= 15 is 0 Å². The Hall–Kier alpha value is 0.200. The Morgan fingerprint density at radius 1 is 1.11 bits per heavy atom. The van der Waals surface area contributed by atoms with Crippen molar-refractivity contribution in [1.82, 2.24) is 10.6 Å². The molecule has 1 aromatic carbocycles. The summed E-state index contributed by atoms with van der Waals surface area (Å²) in [5.41, 5.74) is 1.36. The van der Waals surface area contributed by atoms with E-state index in [4.69, 9.17) is 0 Å². The first-order chi connectivity index (χ1) is 7.84. The predicted molar refractivity (Wildman–Crippen MR) is 85.9 cm³/mol. The number of halogens is 3. The highest BCUT2D eigenvalue weighted by molar-refractivity contribution is 9.10. The zero-order valence-electron chi connectivity index (χ0n) is 10.3. The van der Waals surface area contributed by atoms with Crippen molar-refractivity contribution in [3.8, 4) is 0 Å². The van der Waals surface area contributed by atoms with E-state index in [9.17, 15) is 0 Å². The maximum Gasteiger partial charge on any atom is 0.0205 e. The van der Waals surface area contributed by atoms with Gasteiger partial charge in [0.05, 0.1) is 0 Å². The Morgan fingerprint density at radius 3 is 2.33 bits per heavy atom. The van der Waals surface area contributed by atoms with Crippen molar-refractivity contribution in [3.05, 3.63) is 34.3 Å². The second-order valence-electron chi connectivity index (χ2n) is 4.45. The lowest BCUT2D eigenvalue weighted by molar-refractivity contribution is 0.356. The van der Waals surface area contributed by atoms with Gasteiger partial charge in [0.2, 0.25) is 0 Å². The average Bonchev–Trinajstić information content (AvgIpc) is 2.33. The van der Waals surface area contributed by atoms with Gasteiger partial charge in [0, 0.05) is 11.0 Å². The van der Waals surface area contributed by atoms with Crippen LogP contribution in [-0.2, 0) is 6.54 Å². The van der Waals surface area contributed by atoms with E-state index in [1.54, 1.807) is 0 Å². The number of rotatable bonds is 4. The Labute approximate surface area is 130 Å². The third kappa shape index (κ3) is 6.39. The molecule has 0 spiro atoms. The number of benzene rings is 1. The van der Waals surface area contributed by atoms with E-state index in [1.807, 2.05) is 0 Å². The smallest absolute Gasteiger partial charge is 0.0205 e. The van der Waals surface area contributed by atoms with Crippen LogP contribution in [0.2, 0.25) is 0 Å². The maximum absolute atomic E-state index is 3.55. The van der Waals surface area contributed by atoms with Crippen LogP contribution in [0.3, 0.4) is 0 Å². The minimum absolute atomic E-state index is 0. The van der Waals surface area contributed by atoms with Crippen LogP contribution in [0.15, 0.2) is 28.7 Å². The van der Waals surface area contributed by atoms with Crippen molar-refractivity contribution in [2.75, 3.05) is 19.6 Å². The summed E-state index contributed by atoms with van der Waals surface area (Å²) in [7, 11) is 0. The van der Waals surface area contributed by atoms with E-state index in [-0.39, 0.29) is 24.8 Å². The number of hydrogen-bond donors (Lipinski definition) is 2. The molecule has 1 aliphatic heterocycles. The van der Waals surface area contributed by atoms with Crippen molar-refractivity contribution in [1.29, 1.82) is 0 Å². The van der Waals surface area contributed by atoms with Crippen LogP contribution in [0.25, 0.3) is 0 Å². The van der Waals surface area contributed by atoms with Crippen LogP contribution in [0, 0.1) is 5.92 Å². The lowest BCUT2D eigenvalue weighted by Crippen LogP contribution is -2.33. The highest BCUT2D eigenvalue weighted by atomic mass is 79.9. The van der Waals surface area contributed by atoms with Crippen LogP contribution in [0.1, 0.15) is 18.4 Å². The van der Waals surface area contributed by atoms with E-state index in [2.05, 4.69) is 50.8 Å². The minimum atomic E-state index is 0. The topological polar surface area (TPSA) is 24.1 Å². The normalized spacial score (nSPS) is 15.6. The Bertz CT molecular complexity index is 313. The van der Waals surface area contributed by atoms with Gasteiger partial charge in [-0.15, -0.1) is 24.8 Å². The first-order valence-corrected chi connectivity index (χ1v) is 6.80. The summed E-state index contributed by atoms with van der Waals surface area (Å²) in [5.74, 6) is 0.858. The predicted octanol–water partition coefficient (Wildman–Crippen LogP) is 3.38. The molecule has 1 saturated heterocycles. The first kappa shape index (κ1) is 18.2. The summed E-state index contributed by atoms with van der Waals surface area (Å²) in [5, 5.41) is 6.94. The molecule has 0 saturated carbocycles. The SMILES string of the molecule is Brc1ccc(CNCC2CCNCC2)cc1.Cl.Cl. The molecule has 1 aromatic rings. The van der Waals surface area contributed by atoms with E-state index in [0.29, 0.717) is 0 Å². The molecule has 0 aromatic heterocycles. The van der Waals surface area contributed by atoms with Gasteiger partial charge in [-0.05, 0) is 56.1 Å². The zero-order valence-corrected chi connectivity index (χ0v) is 13.5. The Balaban J connectivity index is 0.00000144. The zero-order chi connectivity index (χ0) is 11.2. The fourth-order valence-electron chi connectivity index (χ4n) is 2.11. The second-order valence-corrected chi connectivity index (χ2v) is 5.37. The molecule has 0 amide bonds. The molecular weight excluding hydrogens is 335 g/mol. The van der Waals surface area contributed by atoms with E-state index in [1.165, 1.54) is 31.5 Å². The molecule has 1 aliphatic rings. The van der Waals surface area contributed by atoms with Crippen molar-refractivity contribution >= 4 is 40.7 Å². The number of piperidine rings is 1. The van der Waals surface area contributed by atoms with Crippen molar-refractivity contribution in [2.45, 2.75) is 19.4 Å². The molecular formula is C13H21BrCl2N2. The highest BCUT2D eigenvalue weighted by Crippen LogP contribution is 2.12. The van der Waals surface area contributed by atoms with Gasteiger partial charge in [-0.2, -0.15) is 0 Å². The molecule has 104 valence electrons. The summed E-state index contributed by atoms with van der Waals surface area (Å²) in [4.78, 5) is 0. The maximum atomic E-state index is 3.55. The van der Waals surface area contributed by atoms with Crippen molar-refractivity contribution in [3.63, 3.8) is 0 Å². The van der Waals surface area contributed by atoms with Gasteiger partial charge in [0.25, 0.3) is 0 Å². The molecule has 0 atom stereocenters. The van der Waals surface area contributed by atoms with Gasteiger partial charge in [-0.1, -0.05) is 28.1 Å². The van der Waals surface area contributed by atoms with Crippen LogP contribution in [-0.4, -0.2) is 19.6 Å². The van der Waals surface area contributed by atoms with Gasteiger partial charge >= 0.3 is 0 Å². The minimum Gasteiger partial charge on any atom is -0.317 e. The second kappa shape index (κ2) is 10.0. The molecule has 0 unspecified atom stereocenters. The number of nitrogens with one attached hydrogen (secondary N) is 2. The van der Waals surface area contributed by atoms with Crippen LogP contribution >= 0.6 is 40.7 Å². The Morgan fingerprint density at radius 2 is 1.72 bits per heavy atom. The summed E-state index contributed by atoms with van der Waals surface area (Å²) < 4.78 is 1.15. The van der Waals surface area contributed by atoms with Gasteiger partial charge < -0.3 is 10.6 Å². The molecule has 18 heavy (non-hydrogen) atoms. The Kier molecular flexibility index (Phi) is 10.2. The molecule has 1 heterocycles. The van der Waals surface area contributed by atoms with E-state index in [0.717, 1.165) is 23.5 Å². The fraction of sp³-hybridized carbons (Fsp3) is 0.538. The lowest BCUT2D eigenvalue weighted by Gasteiger charge is -2.22. The molecule has 0 aliphatic carbocycles. The van der Waals surface area contributed by atoms with Gasteiger partial charge in [0.1, 0.15) is 0 Å². The lowest BCUT2D eigenvalue weighted by atomic mass is 9.98. The van der Waals surface area contributed by atoms with Crippen molar-refractivity contribution in [2.24, 2.45) is 5.92 Å². The van der Waals surface area contributed by atoms with Crippen LogP contribution < -0.4 is 10.6 Å². The largest absolute Gasteiger partial charge is 0.317 e.